The number of carboxylic acids is 1. The normalized spacial score (nSPS) is 11.8. The van der Waals surface area contributed by atoms with Crippen molar-refractivity contribution in [2.45, 2.75) is 46.7 Å². The number of para-hydroxylation sites is 1. The number of carboxylic acid groups (broad SMARTS) is 1. The van der Waals surface area contributed by atoms with Gasteiger partial charge in [-0.05, 0) is 42.3 Å². The van der Waals surface area contributed by atoms with Gasteiger partial charge in [0.05, 0.1) is 6.54 Å². The molecule has 0 spiro atoms. The summed E-state index contributed by atoms with van der Waals surface area (Å²) in [6.07, 6.45) is 0.202. The van der Waals surface area contributed by atoms with Crippen LogP contribution in [0.15, 0.2) is 103 Å². The highest BCUT2D eigenvalue weighted by Gasteiger charge is 2.27. The highest BCUT2D eigenvalue weighted by Crippen LogP contribution is 2.23. The van der Waals surface area contributed by atoms with Crippen LogP contribution in [-0.2, 0) is 22.6 Å². The van der Waals surface area contributed by atoms with Crippen LogP contribution < -0.4 is 10.1 Å². The fourth-order valence-corrected chi connectivity index (χ4v) is 4.93. The van der Waals surface area contributed by atoms with Crippen molar-refractivity contribution in [1.29, 1.82) is 0 Å². The number of aryl methyl sites for hydroxylation is 1. The Kier molecular flexibility index (Phi) is 10.6. The Balaban J connectivity index is 1.38. The Morgan fingerprint density at radius 1 is 0.841 bits per heavy atom. The van der Waals surface area contributed by atoms with E-state index >= 15 is 0 Å². The maximum atomic E-state index is 13.2. The molecule has 7 nitrogen and oxygen atoms in total. The second kappa shape index (κ2) is 14.5. The van der Waals surface area contributed by atoms with E-state index in [1.165, 1.54) is 0 Å². The van der Waals surface area contributed by atoms with Gasteiger partial charge < -0.3 is 20.1 Å². The van der Waals surface area contributed by atoms with E-state index in [0.29, 0.717) is 42.3 Å². The van der Waals surface area contributed by atoms with Crippen LogP contribution in [0.2, 0.25) is 0 Å². The van der Waals surface area contributed by atoms with Gasteiger partial charge in [-0.25, -0.2) is 4.79 Å². The Hall–Kier alpha value is -4.91. The number of nitrogens with one attached hydrogen (secondary N) is 1. The highest BCUT2D eigenvalue weighted by atomic mass is 16.5. The zero-order valence-corrected chi connectivity index (χ0v) is 25.7. The van der Waals surface area contributed by atoms with Crippen LogP contribution in [0.5, 0.6) is 5.75 Å². The summed E-state index contributed by atoms with van der Waals surface area (Å²) in [6.45, 7) is 9.03. The molecule has 1 atom stereocenters. The number of ether oxygens (including phenoxy) is 1. The molecule has 4 aromatic carbocycles. The summed E-state index contributed by atoms with van der Waals surface area (Å²) in [5, 5.41) is 13.0. The number of amides is 1. The number of hydrogen-bond acceptors (Lipinski definition) is 5. The molecular formula is C37H40N2O5. The molecular weight excluding hydrogens is 552 g/mol. The van der Waals surface area contributed by atoms with E-state index < -0.39 is 17.4 Å². The fourth-order valence-electron chi connectivity index (χ4n) is 4.93. The quantitative estimate of drug-likeness (QED) is 0.166. The SMILES string of the molecule is Cc1cccc(CN(CCOc2ccc(CC(Nc3ccccc3C(=O)c3ccccc3)C(=O)O)cc2)C(=O)C(C)(C)C)c1. The van der Waals surface area contributed by atoms with Gasteiger partial charge in [-0.15, -0.1) is 0 Å². The molecule has 0 saturated carbocycles. The van der Waals surface area contributed by atoms with Crippen molar-refractivity contribution >= 4 is 23.3 Å². The lowest BCUT2D eigenvalue weighted by molar-refractivity contribution is -0.140. The lowest BCUT2D eigenvalue weighted by atomic mass is 9.94. The average molecular weight is 593 g/mol. The van der Waals surface area contributed by atoms with Crippen molar-refractivity contribution < 1.29 is 24.2 Å². The van der Waals surface area contributed by atoms with Gasteiger partial charge in [0.1, 0.15) is 18.4 Å². The monoisotopic (exact) mass is 592 g/mol. The minimum Gasteiger partial charge on any atom is -0.492 e. The van der Waals surface area contributed by atoms with E-state index in [4.69, 9.17) is 4.74 Å². The maximum Gasteiger partial charge on any atom is 0.326 e. The predicted molar refractivity (Wildman–Crippen MR) is 173 cm³/mol. The number of carbonyl (C=O) groups excluding carboxylic acids is 2. The largest absolute Gasteiger partial charge is 0.492 e. The Morgan fingerprint density at radius 3 is 2.18 bits per heavy atom. The predicted octanol–water partition coefficient (Wildman–Crippen LogP) is 6.79. The molecule has 44 heavy (non-hydrogen) atoms. The first kappa shape index (κ1) is 32.0. The lowest BCUT2D eigenvalue weighted by Crippen LogP contribution is -2.41. The standard InChI is InChI=1S/C37H40N2O5/c1-26-11-10-12-28(23-26)25-39(36(43)37(2,3)4)21-22-44-30-19-17-27(18-20-30)24-33(35(41)42)38-32-16-9-8-15-31(32)34(40)29-13-6-5-7-14-29/h5-20,23,33,38H,21-22,24-25H2,1-4H3,(H,41,42). The summed E-state index contributed by atoms with van der Waals surface area (Å²) in [6, 6.07) is 30.3. The highest BCUT2D eigenvalue weighted by molar-refractivity contribution is 6.12. The number of ketones is 1. The second-order valence-electron chi connectivity index (χ2n) is 11.9. The number of hydrogen-bond donors (Lipinski definition) is 2. The first-order chi connectivity index (χ1) is 21.0. The summed E-state index contributed by atoms with van der Waals surface area (Å²) in [7, 11) is 0. The molecule has 2 N–H and O–H groups in total. The summed E-state index contributed by atoms with van der Waals surface area (Å²) in [5.74, 6) is -0.520. The first-order valence-electron chi connectivity index (χ1n) is 14.8. The van der Waals surface area contributed by atoms with E-state index in [1.807, 2.05) is 69.0 Å². The van der Waals surface area contributed by atoms with E-state index in [1.54, 1.807) is 60.7 Å². The van der Waals surface area contributed by atoms with Crippen LogP contribution in [0.4, 0.5) is 5.69 Å². The molecule has 0 aromatic heterocycles. The zero-order valence-electron chi connectivity index (χ0n) is 25.7. The Labute approximate surface area is 259 Å². The number of anilines is 1. The summed E-state index contributed by atoms with van der Waals surface area (Å²) < 4.78 is 5.98. The molecule has 1 amide bonds. The average Bonchev–Trinajstić information content (AvgIpc) is 3.00. The third-order valence-electron chi connectivity index (χ3n) is 7.21. The Morgan fingerprint density at radius 2 is 1.52 bits per heavy atom. The van der Waals surface area contributed by atoms with Crippen LogP contribution in [0.25, 0.3) is 0 Å². The van der Waals surface area contributed by atoms with Gasteiger partial charge >= 0.3 is 5.97 Å². The van der Waals surface area contributed by atoms with Gasteiger partial charge in [-0.2, -0.15) is 0 Å². The van der Waals surface area contributed by atoms with Gasteiger partial charge in [-0.1, -0.05) is 105 Å². The van der Waals surface area contributed by atoms with Crippen LogP contribution >= 0.6 is 0 Å². The third kappa shape index (κ3) is 8.80. The molecule has 0 fully saturated rings. The van der Waals surface area contributed by atoms with Gasteiger partial charge in [0, 0.05) is 35.2 Å². The van der Waals surface area contributed by atoms with Crippen molar-refractivity contribution in [2.75, 3.05) is 18.5 Å². The second-order valence-corrected chi connectivity index (χ2v) is 11.9. The van der Waals surface area contributed by atoms with Gasteiger partial charge in [0.15, 0.2) is 5.78 Å². The third-order valence-corrected chi connectivity index (χ3v) is 7.21. The van der Waals surface area contributed by atoms with Gasteiger partial charge in [0.2, 0.25) is 5.91 Å². The number of aliphatic carboxylic acids is 1. The molecule has 0 aliphatic heterocycles. The first-order valence-corrected chi connectivity index (χ1v) is 14.8. The van der Waals surface area contributed by atoms with Crippen LogP contribution in [0.3, 0.4) is 0 Å². The van der Waals surface area contributed by atoms with E-state index in [9.17, 15) is 19.5 Å². The molecule has 7 heteroatoms. The van der Waals surface area contributed by atoms with Crippen molar-refractivity contribution in [3.63, 3.8) is 0 Å². The van der Waals surface area contributed by atoms with Crippen LogP contribution in [-0.4, -0.2) is 46.9 Å². The smallest absolute Gasteiger partial charge is 0.326 e. The van der Waals surface area contributed by atoms with Gasteiger partial charge in [-0.3, -0.25) is 9.59 Å². The molecule has 0 heterocycles. The maximum absolute atomic E-state index is 13.2. The molecule has 0 aliphatic rings. The molecule has 0 aliphatic carbocycles. The lowest BCUT2D eigenvalue weighted by Gasteiger charge is -2.29. The number of benzene rings is 4. The molecule has 0 saturated heterocycles. The van der Waals surface area contributed by atoms with Crippen molar-refractivity contribution in [3.8, 4) is 5.75 Å². The van der Waals surface area contributed by atoms with Crippen LogP contribution in [0.1, 0.15) is 53.4 Å². The number of rotatable bonds is 13. The molecule has 228 valence electrons. The minimum atomic E-state index is -1.02. The van der Waals surface area contributed by atoms with E-state index in [-0.39, 0.29) is 18.1 Å². The zero-order chi connectivity index (χ0) is 31.7. The molecule has 0 bridgehead atoms. The number of nitrogens with zero attached hydrogens (tertiary/aromatic N) is 1. The number of carbonyl (C=O) groups is 3. The fraction of sp³-hybridized carbons (Fsp3) is 0.270. The summed E-state index contributed by atoms with van der Waals surface area (Å²) >= 11 is 0. The van der Waals surface area contributed by atoms with Crippen molar-refractivity contribution in [3.05, 3.63) is 131 Å². The van der Waals surface area contributed by atoms with Gasteiger partial charge in [0.25, 0.3) is 0 Å². The van der Waals surface area contributed by atoms with E-state index in [2.05, 4.69) is 11.4 Å². The van der Waals surface area contributed by atoms with Crippen molar-refractivity contribution in [2.24, 2.45) is 5.41 Å². The molecule has 4 aromatic rings. The van der Waals surface area contributed by atoms with Crippen LogP contribution in [0, 0.1) is 12.3 Å². The molecule has 1 unspecified atom stereocenters. The molecule has 0 radical (unpaired) electrons. The van der Waals surface area contributed by atoms with E-state index in [0.717, 1.165) is 16.7 Å². The summed E-state index contributed by atoms with van der Waals surface area (Å²) in [5.41, 5.74) is 3.91. The van der Waals surface area contributed by atoms with Crippen molar-refractivity contribution in [1.82, 2.24) is 4.90 Å². The summed E-state index contributed by atoms with van der Waals surface area (Å²) in [4.78, 5) is 40.3. The topological polar surface area (TPSA) is 95.9 Å². The minimum absolute atomic E-state index is 0.0530. The molecule has 4 rings (SSSR count). The Bertz CT molecular complexity index is 1580.